The monoisotopic (exact) mass is 675 g/mol. The zero-order chi connectivity index (χ0) is 35.0. The molecular formula is C49H29N3O. The molecule has 53 heavy (non-hydrogen) atoms. The molecule has 0 N–H and O–H groups in total. The molecule has 11 aromatic rings. The molecular weight excluding hydrogens is 647 g/mol. The fourth-order valence-corrected chi connectivity index (χ4v) is 8.29. The third kappa shape index (κ3) is 4.41. The molecule has 3 heterocycles. The number of para-hydroxylation sites is 4. The molecule has 0 unspecified atom stereocenters. The van der Waals surface area contributed by atoms with Crippen molar-refractivity contribution in [2.75, 3.05) is 0 Å². The number of nitrogens with zero attached hydrogens (tertiary/aromatic N) is 3. The molecule has 8 aromatic carbocycles. The van der Waals surface area contributed by atoms with Gasteiger partial charge in [-0.2, -0.15) is 5.26 Å². The van der Waals surface area contributed by atoms with Crippen LogP contribution >= 0.6 is 0 Å². The maximum Gasteiger partial charge on any atom is 0.159 e. The van der Waals surface area contributed by atoms with Gasteiger partial charge < -0.3 is 13.6 Å². The standard InChI is InChI=1S/C49H29N3O/c50-30-31-16-18-32(19-17-31)33-20-24-36(25-21-33)51-43-12-4-1-8-37(43)41-28-34(22-26-45(41)51)35-23-27-46-42(29-35)38-9-2-5-13-44(38)52(46)47-14-7-11-40-39-10-3-6-15-48(39)53-49(40)47/h1-29H. The number of fused-ring (bicyclic) bond motifs is 9. The van der Waals surface area contributed by atoms with E-state index < -0.39 is 0 Å². The lowest BCUT2D eigenvalue weighted by molar-refractivity contribution is 0.666. The van der Waals surface area contributed by atoms with Gasteiger partial charge in [-0.3, -0.25) is 0 Å². The molecule has 3 aromatic heterocycles. The van der Waals surface area contributed by atoms with Gasteiger partial charge in [0.25, 0.3) is 0 Å². The molecule has 0 amide bonds. The molecule has 0 fully saturated rings. The molecule has 4 heteroatoms. The summed E-state index contributed by atoms with van der Waals surface area (Å²) < 4.78 is 11.2. The lowest BCUT2D eigenvalue weighted by Crippen LogP contribution is -1.94. The second-order valence-electron chi connectivity index (χ2n) is 13.7. The normalized spacial score (nSPS) is 11.8. The maximum atomic E-state index is 9.21. The molecule has 0 saturated heterocycles. The van der Waals surface area contributed by atoms with Crippen molar-refractivity contribution >= 4 is 65.6 Å². The van der Waals surface area contributed by atoms with Crippen LogP contribution < -0.4 is 0 Å². The van der Waals surface area contributed by atoms with Gasteiger partial charge in [-0.15, -0.1) is 0 Å². The Kier molecular flexibility index (Phi) is 6.28. The molecule has 0 aliphatic heterocycles. The summed E-state index contributed by atoms with van der Waals surface area (Å²) in [4.78, 5) is 0. The lowest BCUT2D eigenvalue weighted by Gasteiger charge is -2.10. The van der Waals surface area contributed by atoms with E-state index in [-0.39, 0.29) is 0 Å². The highest BCUT2D eigenvalue weighted by atomic mass is 16.3. The van der Waals surface area contributed by atoms with Gasteiger partial charge in [-0.25, -0.2) is 0 Å². The minimum atomic E-state index is 0.665. The summed E-state index contributed by atoms with van der Waals surface area (Å²) in [6.45, 7) is 0. The predicted molar refractivity (Wildman–Crippen MR) is 218 cm³/mol. The molecule has 11 rings (SSSR count). The average Bonchev–Trinajstić information content (AvgIpc) is 3.88. The van der Waals surface area contributed by atoms with Crippen LogP contribution in [0, 0.1) is 11.3 Å². The summed E-state index contributed by atoms with van der Waals surface area (Å²) in [5.41, 5.74) is 13.8. The highest BCUT2D eigenvalue weighted by Crippen LogP contribution is 2.40. The van der Waals surface area contributed by atoms with Gasteiger partial charge in [-0.05, 0) is 95.1 Å². The summed E-state index contributed by atoms with van der Waals surface area (Å²) in [5, 5.41) is 16.3. The zero-order valence-corrected chi connectivity index (χ0v) is 28.5. The van der Waals surface area contributed by atoms with E-state index in [0.29, 0.717) is 5.56 Å². The van der Waals surface area contributed by atoms with Crippen LogP contribution in [0.25, 0.3) is 99.2 Å². The van der Waals surface area contributed by atoms with E-state index in [1.807, 2.05) is 36.4 Å². The third-order valence-electron chi connectivity index (χ3n) is 10.8. The molecule has 0 bridgehead atoms. The van der Waals surface area contributed by atoms with Crippen LogP contribution in [0.2, 0.25) is 0 Å². The number of rotatable bonds is 4. The van der Waals surface area contributed by atoms with Gasteiger partial charge in [-0.1, -0.05) is 103 Å². The Morgan fingerprint density at radius 1 is 0.396 bits per heavy atom. The van der Waals surface area contributed by atoms with Gasteiger partial charge in [0.1, 0.15) is 5.58 Å². The second-order valence-corrected chi connectivity index (χ2v) is 13.7. The number of aromatic nitrogens is 2. The summed E-state index contributed by atoms with van der Waals surface area (Å²) in [6, 6.07) is 64.4. The fourth-order valence-electron chi connectivity index (χ4n) is 8.29. The number of nitriles is 1. The first-order valence-electron chi connectivity index (χ1n) is 17.8. The van der Waals surface area contributed by atoms with Crippen molar-refractivity contribution < 1.29 is 4.42 Å². The number of hydrogen-bond donors (Lipinski definition) is 0. The van der Waals surface area contributed by atoms with Crippen molar-refractivity contribution in [1.29, 1.82) is 5.26 Å². The van der Waals surface area contributed by atoms with Crippen LogP contribution in [-0.2, 0) is 0 Å². The second kappa shape index (κ2) is 11.3. The van der Waals surface area contributed by atoms with Crippen molar-refractivity contribution in [3.63, 3.8) is 0 Å². The highest BCUT2D eigenvalue weighted by molar-refractivity contribution is 6.14. The first-order valence-corrected chi connectivity index (χ1v) is 17.8. The van der Waals surface area contributed by atoms with Crippen LogP contribution in [0.5, 0.6) is 0 Å². The van der Waals surface area contributed by atoms with Gasteiger partial charge in [0, 0.05) is 38.0 Å². The summed E-state index contributed by atoms with van der Waals surface area (Å²) >= 11 is 0. The smallest absolute Gasteiger partial charge is 0.159 e. The number of benzene rings is 8. The van der Waals surface area contributed by atoms with Crippen molar-refractivity contribution in [2.24, 2.45) is 0 Å². The topological polar surface area (TPSA) is 46.8 Å². The summed E-state index contributed by atoms with van der Waals surface area (Å²) in [5.74, 6) is 0. The minimum absolute atomic E-state index is 0.665. The molecule has 4 nitrogen and oxygen atoms in total. The predicted octanol–water partition coefficient (Wildman–Crippen LogP) is 13.0. The van der Waals surface area contributed by atoms with E-state index in [9.17, 15) is 5.26 Å². The molecule has 0 aliphatic rings. The van der Waals surface area contributed by atoms with Crippen molar-refractivity contribution in [2.45, 2.75) is 0 Å². The van der Waals surface area contributed by atoms with Crippen LogP contribution in [0.15, 0.2) is 180 Å². The van der Waals surface area contributed by atoms with E-state index in [0.717, 1.165) is 61.0 Å². The fraction of sp³-hybridized carbons (Fsp3) is 0. The molecule has 0 saturated carbocycles. The quantitative estimate of drug-likeness (QED) is 0.186. The largest absolute Gasteiger partial charge is 0.454 e. The minimum Gasteiger partial charge on any atom is -0.454 e. The first kappa shape index (κ1) is 29.4. The van der Waals surface area contributed by atoms with E-state index >= 15 is 0 Å². The van der Waals surface area contributed by atoms with Crippen LogP contribution in [0.4, 0.5) is 0 Å². The van der Waals surface area contributed by atoms with Crippen molar-refractivity contribution in [3.05, 3.63) is 181 Å². The van der Waals surface area contributed by atoms with Crippen LogP contribution in [0.3, 0.4) is 0 Å². The Morgan fingerprint density at radius 2 is 0.906 bits per heavy atom. The Bertz CT molecular complexity index is 3280. The van der Waals surface area contributed by atoms with Gasteiger partial charge in [0.15, 0.2) is 5.58 Å². The van der Waals surface area contributed by atoms with Crippen molar-refractivity contribution in [3.8, 4) is 39.7 Å². The van der Waals surface area contributed by atoms with E-state index in [1.165, 1.54) is 38.2 Å². The zero-order valence-electron chi connectivity index (χ0n) is 28.5. The van der Waals surface area contributed by atoms with Gasteiger partial charge >= 0.3 is 0 Å². The lowest BCUT2D eigenvalue weighted by atomic mass is 10.0. The summed E-state index contributed by atoms with van der Waals surface area (Å²) in [7, 11) is 0. The van der Waals surface area contributed by atoms with E-state index in [2.05, 4.69) is 155 Å². The maximum absolute atomic E-state index is 9.21. The molecule has 0 aliphatic carbocycles. The van der Waals surface area contributed by atoms with E-state index in [1.54, 1.807) is 0 Å². The van der Waals surface area contributed by atoms with Crippen LogP contribution in [-0.4, -0.2) is 9.13 Å². The number of furan rings is 1. The van der Waals surface area contributed by atoms with Crippen LogP contribution in [0.1, 0.15) is 5.56 Å². The average molecular weight is 676 g/mol. The molecule has 246 valence electrons. The Balaban J connectivity index is 1.05. The molecule has 0 radical (unpaired) electrons. The first-order chi connectivity index (χ1) is 26.2. The summed E-state index contributed by atoms with van der Waals surface area (Å²) in [6.07, 6.45) is 0. The van der Waals surface area contributed by atoms with Gasteiger partial charge in [0.2, 0.25) is 0 Å². The molecule has 0 atom stereocenters. The van der Waals surface area contributed by atoms with Crippen molar-refractivity contribution in [1.82, 2.24) is 9.13 Å². The van der Waals surface area contributed by atoms with Gasteiger partial charge in [0.05, 0.1) is 39.4 Å². The third-order valence-corrected chi connectivity index (χ3v) is 10.8. The Labute approximate surface area is 304 Å². The highest BCUT2D eigenvalue weighted by Gasteiger charge is 2.19. The Morgan fingerprint density at radius 3 is 1.57 bits per heavy atom. The molecule has 0 spiro atoms. The van der Waals surface area contributed by atoms with E-state index in [4.69, 9.17) is 4.42 Å². The number of hydrogen-bond acceptors (Lipinski definition) is 2. The Hall–Kier alpha value is -7.35. The SMILES string of the molecule is N#Cc1ccc(-c2ccc(-n3c4ccccc4c4cc(-c5ccc6c(c5)c5ccccc5n6-c5cccc6c5oc5ccccc56)ccc43)cc2)cc1.